The van der Waals surface area contributed by atoms with Gasteiger partial charge in [-0.25, -0.2) is 4.79 Å². The molecule has 4 nitrogen and oxygen atoms in total. The van der Waals surface area contributed by atoms with Crippen LogP contribution in [0.15, 0.2) is 72.9 Å². The fourth-order valence-corrected chi connectivity index (χ4v) is 3.32. The van der Waals surface area contributed by atoms with Gasteiger partial charge in [0.25, 0.3) is 0 Å². The van der Waals surface area contributed by atoms with Crippen LogP contribution >= 0.6 is 11.6 Å². The van der Waals surface area contributed by atoms with Gasteiger partial charge >= 0.3 is 5.97 Å². The molecular weight excluding hydrogens is 362 g/mol. The Hall–Kier alpha value is -3.37. The SMILES string of the molecule is O=C(O)c1ccc(Cl)c(-c2ccc(C(=O)c3c[nH]c4ccccc34)cc2)c1. The van der Waals surface area contributed by atoms with Crippen LogP contribution in [-0.4, -0.2) is 21.8 Å². The molecule has 1 heterocycles. The van der Waals surface area contributed by atoms with Gasteiger partial charge in [0.2, 0.25) is 0 Å². The van der Waals surface area contributed by atoms with Gasteiger partial charge in [-0.15, -0.1) is 0 Å². The number of carboxylic acids is 1. The quantitative estimate of drug-likeness (QED) is 0.468. The van der Waals surface area contributed by atoms with E-state index in [4.69, 9.17) is 16.7 Å². The van der Waals surface area contributed by atoms with E-state index in [9.17, 15) is 9.59 Å². The van der Waals surface area contributed by atoms with E-state index in [-0.39, 0.29) is 11.3 Å². The molecule has 4 aromatic rings. The number of carboxylic acid groups (broad SMARTS) is 1. The first kappa shape index (κ1) is 17.1. The number of halogens is 1. The van der Waals surface area contributed by atoms with Crippen molar-refractivity contribution in [2.45, 2.75) is 0 Å². The summed E-state index contributed by atoms with van der Waals surface area (Å²) in [6.07, 6.45) is 1.72. The predicted molar refractivity (Wildman–Crippen MR) is 106 cm³/mol. The van der Waals surface area contributed by atoms with E-state index in [1.165, 1.54) is 12.1 Å². The lowest BCUT2D eigenvalue weighted by atomic mass is 9.98. The van der Waals surface area contributed by atoms with Crippen LogP contribution in [0, 0.1) is 0 Å². The molecule has 2 N–H and O–H groups in total. The van der Waals surface area contributed by atoms with E-state index in [1.807, 2.05) is 24.3 Å². The van der Waals surface area contributed by atoms with E-state index < -0.39 is 5.97 Å². The van der Waals surface area contributed by atoms with Crippen LogP contribution in [0.3, 0.4) is 0 Å². The molecule has 0 aliphatic heterocycles. The lowest BCUT2D eigenvalue weighted by Crippen LogP contribution is -2.00. The summed E-state index contributed by atoms with van der Waals surface area (Å²) in [5.74, 6) is -1.09. The minimum Gasteiger partial charge on any atom is -0.478 e. The predicted octanol–water partition coefficient (Wildman–Crippen LogP) is 5.42. The smallest absolute Gasteiger partial charge is 0.335 e. The van der Waals surface area contributed by atoms with Gasteiger partial charge in [0, 0.05) is 38.8 Å². The minimum atomic E-state index is -1.01. The maximum absolute atomic E-state index is 12.9. The van der Waals surface area contributed by atoms with Gasteiger partial charge in [-0.05, 0) is 29.8 Å². The number of aromatic amines is 1. The van der Waals surface area contributed by atoms with Crippen molar-refractivity contribution in [3.63, 3.8) is 0 Å². The molecule has 5 heteroatoms. The average molecular weight is 376 g/mol. The Morgan fingerprint density at radius 1 is 0.889 bits per heavy atom. The summed E-state index contributed by atoms with van der Waals surface area (Å²) in [6, 6.07) is 19.2. The number of benzene rings is 3. The van der Waals surface area contributed by atoms with Gasteiger partial charge in [-0.1, -0.05) is 54.1 Å². The minimum absolute atomic E-state index is 0.0793. The van der Waals surface area contributed by atoms with Gasteiger partial charge in [0.1, 0.15) is 0 Å². The number of carbonyl (C=O) groups excluding carboxylic acids is 1. The highest BCUT2D eigenvalue weighted by atomic mass is 35.5. The third-order valence-electron chi connectivity index (χ3n) is 4.51. The van der Waals surface area contributed by atoms with Crippen LogP contribution < -0.4 is 0 Å². The molecule has 0 unspecified atom stereocenters. The van der Waals surface area contributed by atoms with Gasteiger partial charge in [0.05, 0.1) is 5.56 Å². The largest absolute Gasteiger partial charge is 0.478 e. The van der Waals surface area contributed by atoms with Crippen LogP contribution in [0.4, 0.5) is 0 Å². The standard InChI is InChI=1S/C22H14ClNO3/c23-19-10-9-15(22(26)27)11-17(19)13-5-7-14(8-6-13)21(25)18-12-24-20-4-2-1-3-16(18)20/h1-12,24H,(H,26,27). The highest BCUT2D eigenvalue weighted by Gasteiger charge is 2.15. The van der Waals surface area contributed by atoms with Gasteiger partial charge in [0.15, 0.2) is 5.78 Å². The second-order valence-electron chi connectivity index (χ2n) is 6.15. The zero-order valence-corrected chi connectivity index (χ0v) is 14.8. The summed E-state index contributed by atoms with van der Waals surface area (Å²) in [5, 5.41) is 10.5. The number of carbonyl (C=O) groups is 2. The van der Waals surface area contributed by atoms with Crippen LogP contribution in [0.25, 0.3) is 22.0 Å². The van der Waals surface area contributed by atoms with Crippen LogP contribution in [0.5, 0.6) is 0 Å². The Kier molecular flexibility index (Phi) is 4.26. The van der Waals surface area contributed by atoms with Crippen molar-refractivity contribution in [1.29, 1.82) is 0 Å². The summed E-state index contributed by atoms with van der Waals surface area (Å²) in [6.45, 7) is 0. The van der Waals surface area contributed by atoms with Crippen LogP contribution in [-0.2, 0) is 0 Å². The molecule has 0 amide bonds. The number of nitrogens with one attached hydrogen (secondary N) is 1. The molecule has 0 aliphatic carbocycles. The van der Waals surface area contributed by atoms with Crippen molar-refractivity contribution in [3.8, 4) is 11.1 Å². The summed E-state index contributed by atoms with van der Waals surface area (Å²) in [5.41, 5.74) is 3.60. The molecule has 132 valence electrons. The second kappa shape index (κ2) is 6.74. The molecule has 0 saturated carbocycles. The first-order valence-corrected chi connectivity index (χ1v) is 8.66. The number of H-pyrrole nitrogens is 1. The van der Waals surface area contributed by atoms with E-state index >= 15 is 0 Å². The van der Waals surface area contributed by atoms with Crippen molar-refractivity contribution in [2.24, 2.45) is 0 Å². The van der Waals surface area contributed by atoms with Crippen LogP contribution in [0.1, 0.15) is 26.3 Å². The third kappa shape index (κ3) is 3.11. The van der Waals surface area contributed by atoms with E-state index in [2.05, 4.69) is 4.98 Å². The molecule has 0 aliphatic rings. The number of para-hydroxylation sites is 1. The Bertz CT molecular complexity index is 1180. The van der Waals surface area contributed by atoms with E-state index in [0.717, 1.165) is 16.5 Å². The summed E-state index contributed by atoms with van der Waals surface area (Å²) in [4.78, 5) is 27.1. The average Bonchev–Trinajstić information content (AvgIpc) is 3.12. The maximum Gasteiger partial charge on any atom is 0.335 e. The normalized spacial score (nSPS) is 10.9. The highest BCUT2D eigenvalue weighted by Crippen LogP contribution is 2.30. The Morgan fingerprint density at radius 3 is 2.33 bits per heavy atom. The lowest BCUT2D eigenvalue weighted by molar-refractivity contribution is 0.0696. The van der Waals surface area contributed by atoms with Gasteiger partial charge in [-0.3, -0.25) is 4.79 Å². The van der Waals surface area contributed by atoms with Crippen LogP contribution in [0.2, 0.25) is 5.02 Å². The van der Waals surface area contributed by atoms with Crippen molar-refractivity contribution in [1.82, 2.24) is 4.98 Å². The third-order valence-corrected chi connectivity index (χ3v) is 4.83. The highest BCUT2D eigenvalue weighted by molar-refractivity contribution is 6.33. The Labute approximate surface area is 160 Å². The second-order valence-corrected chi connectivity index (χ2v) is 6.56. The summed E-state index contributed by atoms with van der Waals surface area (Å²) >= 11 is 6.22. The maximum atomic E-state index is 12.9. The Balaban J connectivity index is 1.69. The van der Waals surface area contributed by atoms with Crippen molar-refractivity contribution >= 4 is 34.3 Å². The molecule has 0 spiro atoms. The van der Waals surface area contributed by atoms with Crippen molar-refractivity contribution < 1.29 is 14.7 Å². The number of aromatic carboxylic acids is 1. The number of ketones is 1. The van der Waals surface area contributed by atoms with Gasteiger partial charge in [-0.2, -0.15) is 0 Å². The van der Waals surface area contributed by atoms with Crippen molar-refractivity contribution in [3.05, 3.63) is 94.6 Å². The van der Waals surface area contributed by atoms with Crippen molar-refractivity contribution in [2.75, 3.05) is 0 Å². The molecule has 0 bridgehead atoms. The number of fused-ring (bicyclic) bond motifs is 1. The van der Waals surface area contributed by atoms with E-state index in [1.54, 1.807) is 36.5 Å². The number of rotatable bonds is 4. The summed E-state index contributed by atoms with van der Waals surface area (Å²) in [7, 11) is 0. The molecular formula is C22H14ClNO3. The summed E-state index contributed by atoms with van der Waals surface area (Å²) < 4.78 is 0. The lowest BCUT2D eigenvalue weighted by Gasteiger charge is -2.07. The molecule has 0 saturated heterocycles. The zero-order chi connectivity index (χ0) is 19.0. The molecule has 3 aromatic carbocycles. The van der Waals surface area contributed by atoms with E-state index in [0.29, 0.717) is 21.7 Å². The number of hydrogen-bond donors (Lipinski definition) is 2. The first-order chi connectivity index (χ1) is 13.0. The first-order valence-electron chi connectivity index (χ1n) is 8.28. The molecule has 0 atom stereocenters. The zero-order valence-electron chi connectivity index (χ0n) is 14.1. The molecule has 0 radical (unpaired) electrons. The molecule has 1 aromatic heterocycles. The number of hydrogen-bond acceptors (Lipinski definition) is 2. The fourth-order valence-electron chi connectivity index (χ4n) is 3.10. The monoisotopic (exact) mass is 375 g/mol. The molecule has 0 fully saturated rings. The van der Waals surface area contributed by atoms with Gasteiger partial charge < -0.3 is 10.1 Å². The Morgan fingerprint density at radius 2 is 1.59 bits per heavy atom. The topological polar surface area (TPSA) is 70.2 Å². The molecule has 4 rings (SSSR count). The molecule has 27 heavy (non-hydrogen) atoms. The fraction of sp³-hybridized carbons (Fsp3) is 0. The number of aromatic nitrogens is 1.